The molecule has 134 valence electrons. The molecule has 1 aromatic carbocycles. The van der Waals surface area contributed by atoms with Crippen molar-refractivity contribution in [2.24, 2.45) is 0 Å². The highest BCUT2D eigenvalue weighted by Gasteiger charge is 2.36. The van der Waals surface area contributed by atoms with Gasteiger partial charge >= 0.3 is 0 Å². The lowest BCUT2D eigenvalue weighted by atomic mass is 9.87. The fraction of sp³-hybridized carbons (Fsp3) is 0.529. The average Bonchev–Trinajstić information content (AvgIpc) is 2.57. The summed E-state index contributed by atoms with van der Waals surface area (Å²) < 4.78 is 0. The van der Waals surface area contributed by atoms with Gasteiger partial charge in [-0.3, -0.25) is 19.7 Å². The van der Waals surface area contributed by atoms with E-state index in [0.717, 1.165) is 25.7 Å². The van der Waals surface area contributed by atoms with Crippen LogP contribution in [0.5, 0.6) is 0 Å². The Labute approximate surface area is 145 Å². The molecule has 25 heavy (non-hydrogen) atoms. The Morgan fingerprint density at radius 2 is 2.04 bits per heavy atom. The number of amides is 2. The van der Waals surface area contributed by atoms with Crippen LogP contribution < -0.4 is 16.0 Å². The number of piperazine rings is 1. The third-order valence-corrected chi connectivity index (χ3v) is 4.90. The number of anilines is 1. The number of nitro groups is 1. The first-order valence-electron chi connectivity index (χ1n) is 8.55. The summed E-state index contributed by atoms with van der Waals surface area (Å²) in [5, 5.41) is 19.9. The van der Waals surface area contributed by atoms with Gasteiger partial charge in [0.2, 0.25) is 11.8 Å². The molecule has 0 radical (unpaired) electrons. The molecule has 0 aromatic heterocycles. The fourth-order valence-corrected chi connectivity index (χ4v) is 3.55. The standard InChI is InChI=1S/C17H22N4O4/c1-10-6-7-11(8-15(10)21(24)25)18-16(22)9-14-17(23)20-13-5-3-2-4-12(13)19-14/h6-8,12-14,19H,2-5,9H2,1H3,(H,18,22)(H,20,23)/t12-,13-,14+/m1/s1. The van der Waals surface area contributed by atoms with Gasteiger partial charge in [-0.25, -0.2) is 0 Å². The monoisotopic (exact) mass is 346 g/mol. The summed E-state index contributed by atoms with van der Waals surface area (Å²) in [5.74, 6) is -0.506. The summed E-state index contributed by atoms with van der Waals surface area (Å²) >= 11 is 0. The Hall–Kier alpha value is -2.48. The summed E-state index contributed by atoms with van der Waals surface area (Å²) in [5.41, 5.74) is 0.838. The van der Waals surface area contributed by atoms with Crippen molar-refractivity contribution in [2.45, 2.75) is 57.2 Å². The van der Waals surface area contributed by atoms with E-state index < -0.39 is 11.0 Å². The predicted molar refractivity (Wildman–Crippen MR) is 92.2 cm³/mol. The van der Waals surface area contributed by atoms with Crippen LogP contribution in [0.2, 0.25) is 0 Å². The second-order valence-electron chi connectivity index (χ2n) is 6.74. The molecule has 1 aliphatic carbocycles. The predicted octanol–water partition coefficient (Wildman–Crippen LogP) is 1.63. The number of carbonyl (C=O) groups is 2. The smallest absolute Gasteiger partial charge is 0.274 e. The van der Waals surface area contributed by atoms with Crippen LogP contribution in [0.3, 0.4) is 0 Å². The van der Waals surface area contributed by atoms with Crippen LogP contribution in [0, 0.1) is 17.0 Å². The fourth-order valence-electron chi connectivity index (χ4n) is 3.55. The van der Waals surface area contributed by atoms with Crippen LogP contribution in [0.4, 0.5) is 11.4 Å². The van der Waals surface area contributed by atoms with Crippen LogP contribution in [0.15, 0.2) is 18.2 Å². The van der Waals surface area contributed by atoms with Gasteiger partial charge in [0.05, 0.1) is 17.4 Å². The molecular weight excluding hydrogens is 324 g/mol. The number of aryl methyl sites for hydroxylation is 1. The number of carbonyl (C=O) groups excluding carboxylic acids is 2. The van der Waals surface area contributed by atoms with Crippen LogP contribution in [0.25, 0.3) is 0 Å². The highest BCUT2D eigenvalue weighted by Crippen LogP contribution is 2.24. The number of benzene rings is 1. The van der Waals surface area contributed by atoms with E-state index in [9.17, 15) is 19.7 Å². The van der Waals surface area contributed by atoms with E-state index in [4.69, 9.17) is 0 Å². The van der Waals surface area contributed by atoms with Crippen LogP contribution >= 0.6 is 0 Å². The van der Waals surface area contributed by atoms with Gasteiger partial charge in [0, 0.05) is 29.4 Å². The lowest BCUT2D eigenvalue weighted by Gasteiger charge is -2.40. The first kappa shape index (κ1) is 17.3. The molecule has 8 heteroatoms. The van der Waals surface area contributed by atoms with Crippen molar-refractivity contribution >= 4 is 23.2 Å². The second kappa shape index (κ2) is 7.18. The highest BCUT2D eigenvalue weighted by molar-refractivity contribution is 5.96. The summed E-state index contributed by atoms with van der Waals surface area (Å²) in [7, 11) is 0. The maximum Gasteiger partial charge on any atom is 0.274 e. The second-order valence-corrected chi connectivity index (χ2v) is 6.74. The van der Waals surface area contributed by atoms with Crippen molar-refractivity contribution in [3.8, 4) is 0 Å². The van der Waals surface area contributed by atoms with Crippen LogP contribution in [-0.2, 0) is 9.59 Å². The van der Waals surface area contributed by atoms with Gasteiger partial charge < -0.3 is 16.0 Å². The van der Waals surface area contributed by atoms with Gasteiger partial charge in [-0.05, 0) is 25.8 Å². The first-order valence-corrected chi connectivity index (χ1v) is 8.55. The van der Waals surface area contributed by atoms with E-state index in [-0.39, 0.29) is 36.0 Å². The Morgan fingerprint density at radius 1 is 1.32 bits per heavy atom. The van der Waals surface area contributed by atoms with Crippen molar-refractivity contribution in [1.82, 2.24) is 10.6 Å². The van der Waals surface area contributed by atoms with Crippen LogP contribution in [-0.4, -0.2) is 34.9 Å². The Balaban J connectivity index is 1.61. The maximum atomic E-state index is 12.3. The van der Waals surface area contributed by atoms with Gasteiger partial charge in [0.1, 0.15) is 0 Å². The molecule has 1 heterocycles. The summed E-state index contributed by atoms with van der Waals surface area (Å²) in [4.78, 5) is 34.9. The van der Waals surface area contributed by atoms with E-state index in [1.54, 1.807) is 19.1 Å². The molecule has 0 spiro atoms. The van der Waals surface area contributed by atoms with Crippen LogP contribution in [0.1, 0.15) is 37.7 Å². The molecule has 1 saturated carbocycles. The zero-order chi connectivity index (χ0) is 18.0. The molecular formula is C17H22N4O4. The third kappa shape index (κ3) is 3.96. The zero-order valence-corrected chi connectivity index (χ0v) is 14.1. The zero-order valence-electron chi connectivity index (χ0n) is 14.1. The number of nitrogens with zero attached hydrogens (tertiary/aromatic N) is 1. The number of hydrogen-bond acceptors (Lipinski definition) is 5. The molecule has 8 nitrogen and oxygen atoms in total. The molecule has 3 rings (SSSR count). The molecule has 0 bridgehead atoms. The van der Waals surface area contributed by atoms with Crippen molar-refractivity contribution in [2.75, 3.05) is 5.32 Å². The summed E-state index contributed by atoms with van der Waals surface area (Å²) in [6.45, 7) is 1.64. The van der Waals surface area contributed by atoms with Gasteiger partial charge in [0.25, 0.3) is 5.69 Å². The number of fused-ring (bicyclic) bond motifs is 1. The van der Waals surface area contributed by atoms with Crippen molar-refractivity contribution in [1.29, 1.82) is 0 Å². The molecule has 1 saturated heterocycles. The lowest BCUT2D eigenvalue weighted by Crippen LogP contribution is -2.65. The molecule has 2 amide bonds. The normalized spacial score (nSPS) is 25.6. The topological polar surface area (TPSA) is 113 Å². The molecule has 3 atom stereocenters. The molecule has 1 aliphatic heterocycles. The number of nitro benzene ring substituents is 1. The molecule has 1 aromatic rings. The average molecular weight is 346 g/mol. The Kier molecular flexibility index (Phi) is 4.98. The minimum atomic E-state index is -0.570. The Morgan fingerprint density at radius 3 is 2.76 bits per heavy atom. The van der Waals surface area contributed by atoms with Gasteiger partial charge in [-0.1, -0.05) is 18.9 Å². The largest absolute Gasteiger partial charge is 0.350 e. The molecule has 2 fully saturated rings. The van der Waals surface area contributed by atoms with E-state index in [1.165, 1.54) is 6.07 Å². The van der Waals surface area contributed by atoms with E-state index in [1.807, 2.05) is 0 Å². The third-order valence-electron chi connectivity index (χ3n) is 4.90. The molecule has 3 N–H and O–H groups in total. The quantitative estimate of drug-likeness (QED) is 0.566. The highest BCUT2D eigenvalue weighted by atomic mass is 16.6. The van der Waals surface area contributed by atoms with Crippen molar-refractivity contribution in [3.63, 3.8) is 0 Å². The van der Waals surface area contributed by atoms with Crippen molar-refractivity contribution in [3.05, 3.63) is 33.9 Å². The van der Waals surface area contributed by atoms with Gasteiger partial charge in [-0.15, -0.1) is 0 Å². The maximum absolute atomic E-state index is 12.3. The Bertz CT molecular complexity index is 706. The number of nitrogens with one attached hydrogen (secondary N) is 3. The lowest BCUT2D eigenvalue weighted by molar-refractivity contribution is -0.385. The van der Waals surface area contributed by atoms with E-state index in [2.05, 4.69) is 16.0 Å². The van der Waals surface area contributed by atoms with Gasteiger partial charge in [-0.2, -0.15) is 0 Å². The molecule has 2 aliphatic rings. The van der Waals surface area contributed by atoms with Crippen molar-refractivity contribution < 1.29 is 14.5 Å². The summed E-state index contributed by atoms with van der Waals surface area (Å²) in [6, 6.07) is 4.33. The SMILES string of the molecule is Cc1ccc(NC(=O)C[C@@H]2N[C@@H]3CCCC[C@H]3NC2=O)cc1[N+](=O)[O-]. The number of hydrogen-bond donors (Lipinski definition) is 3. The van der Waals surface area contributed by atoms with E-state index in [0.29, 0.717) is 11.3 Å². The number of rotatable bonds is 4. The van der Waals surface area contributed by atoms with E-state index >= 15 is 0 Å². The minimum absolute atomic E-state index is 0.00325. The summed E-state index contributed by atoms with van der Waals surface area (Å²) in [6.07, 6.45) is 4.19. The van der Waals surface area contributed by atoms with Gasteiger partial charge in [0.15, 0.2) is 0 Å². The molecule has 0 unspecified atom stereocenters. The minimum Gasteiger partial charge on any atom is -0.350 e. The first-order chi connectivity index (χ1) is 11.9.